The molecule has 1 saturated heterocycles. The van der Waals surface area contributed by atoms with Gasteiger partial charge in [-0.3, -0.25) is 0 Å². The van der Waals surface area contributed by atoms with Crippen LogP contribution in [0.25, 0.3) is 0 Å². The van der Waals surface area contributed by atoms with Crippen molar-refractivity contribution >= 4 is 53.5 Å². The maximum Gasteiger partial charge on any atom is 0.194 e. The molecule has 1 aliphatic heterocycles. The number of aryl methyl sites for hydroxylation is 1. The Hall–Kier alpha value is -0.160. The first-order valence-electron chi connectivity index (χ1n) is 8.44. The molecule has 0 aromatic carbocycles. The van der Waals surface area contributed by atoms with Gasteiger partial charge in [0, 0.05) is 37.2 Å². The van der Waals surface area contributed by atoms with Crippen LogP contribution in [0.2, 0.25) is 0 Å². The van der Waals surface area contributed by atoms with E-state index in [2.05, 4.69) is 40.5 Å². The fourth-order valence-corrected chi connectivity index (χ4v) is 4.16. The van der Waals surface area contributed by atoms with E-state index in [-0.39, 0.29) is 28.7 Å². The number of thioether (sulfide) groups is 2. The van der Waals surface area contributed by atoms with Crippen LogP contribution >= 0.6 is 47.5 Å². The van der Waals surface area contributed by atoms with Crippen LogP contribution in [-0.4, -0.2) is 67.8 Å². The average molecular weight is 499 g/mol. The predicted molar refractivity (Wildman–Crippen MR) is 121 cm³/mol. The molecule has 1 fully saturated rings. The van der Waals surface area contributed by atoms with Gasteiger partial charge in [-0.2, -0.15) is 23.5 Å². The van der Waals surface area contributed by atoms with Gasteiger partial charge in [0.1, 0.15) is 12.4 Å². The van der Waals surface area contributed by atoms with Crippen molar-refractivity contribution < 1.29 is 0 Å². The molecular formula is C16H31IN6S2. The van der Waals surface area contributed by atoms with Crippen LogP contribution in [0.3, 0.4) is 0 Å². The number of hydrogen-bond acceptors (Lipinski definition) is 5. The average Bonchev–Trinajstić information content (AvgIpc) is 2.85. The van der Waals surface area contributed by atoms with Crippen molar-refractivity contribution in [2.75, 3.05) is 37.4 Å². The molecule has 6 nitrogen and oxygen atoms in total. The molecule has 0 bridgehead atoms. The summed E-state index contributed by atoms with van der Waals surface area (Å²) in [7, 11) is 1.99. The lowest BCUT2D eigenvalue weighted by Crippen LogP contribution is -2.51. The highest BCUT2D eigenvalue weighted by Gasteiger charge is 2.28. The number of aromatic nitrogens is 3. The summed E-state index contributed by atoms with van der Waals surface area (Å²) in [5.74, 6) is 5.14. The standard InChI is InChI=1S/C16H30N6S2.HI/c1-13-19-20-14(21(13)4)11-18-15(17-7-6-9-23-5)22-8-10-24-16(2,3)12-22;/h6-12H2,1-5H3,(H,17,18);1H. The summed E-state index contributed by atoms with van der Waals surface area (Å²) in [4.78, 5) is 7.23. The van der Waals surface area contributed by atoms with Gasteiger partial charge >= 0.3 is 0 Å². The van der Waals surface area contributed by atoms with Crippen molar-refractivity contribution in [3.05, 3.63) is 11.6 Å². The molecule has 0 atom stereocenters. The summed E-state index contributed by atoms with van der Waals surface area (Å²) in [6.07, 6.45) is 3.30. The molecule has 1 N–H and O–H groups in total. The van der Waals surface area contributed by atoms with E-state index in [0.29, 0.717) is 6.54 Å². The molecule has 0 radical (unpaired) electrons. The van der Waals surface area contributed by atoms with E-state index >= 15 is 0 Å². The van der Waals surface area contributed by atoms with Crippen LogP contribution < -0.4 is 5.32 Å². The van der Waals surface area contributed by atoms with Crippen molar-refractivity contribution in [1.82, 2.24) is 25.0 Å². The van der Waals surface area contributed by atoms with Gasteiger partial charge in [-0.15, -0.1) is 34.2 Å². The maximum atomic E-state index is 4.85. The van der Waals surface area contributed by atoms with Crippen molar-refractivity contribution in [1.29, 1.82) is 0 Å². The highest BCUT2D eigenvalue weighted by atomic mass is 127. The second-order valence-corrected chi connectivity index (χ2v) is 9.45. The quantitative estimate of drug-likeness (QED) is 0.282. The molecule has 25 heavy (non-hydrogen) atoms. The van der Waals surface area contributed by atoms with Crippen LogP contribution in [0.5, 0.6) is 0 Å². The van der Waals surface area contributed by atoms with E-state index in [1.165, 1.54) is 5.75 Å². The Balaban J connectivity index is 0.00000312. The van der Waals surface area contributed by atoms with Crippen LogP contribution in [0.15, 0.2) is 4.99 Å². The summed E-state index contributed by atoms with van der Waals surface area (Å²) in [6.45, 7) is 10.2. The van der Waals surface area contributed by atoms with Gasteiger partial charge in [-0.1, -0.05) is 0 Å². The van der Waals surface area contributed by atoms with Gasteiger partial charge in [0.15, 0.2) is 11.8 Å². The number of guanidine groups is 1. The SMILES string of the molecule is CSCCCNC(=NCc1nnc(C)n1C)N1CCSC(C)(C)C1.I. The van der Waals surface area contributed by atoms with Crippen LogP contribution in [0.1, 0.15) is 31.9 Å². The van der Waals surface area contributed by atoms with E-state index in [1.807, 2.05) is 42.1 Å². The molecule has 0 unspecified atom stereocenters. The van der Waals surface area contributed by atoms with Crippen LogP contribution in [0, 0.1) is 6.92 Å². The van der Waals surface area contributed by atoms with E-state index in [9.17, 15) is 0 Å². The zero-order valence-electron chi connectivity index (χ0n) is 15.9. The fraction of sp³-hybridized carbons (Fsp3) is 0.812. The Morgan fingerprint density at radius 3 is 2.76 bits per heavy atom. The molecule has 0 spiro atoms. The topological polar surface area (TPSA) is 58.3 Å². The van der Waals surface area contributed by atoms with Gasteiger partial charge < -0.3 is 14.8 Å². The van der Waals surface area contributed by atoms with E-state index in [0.717, 1.165) is 49.4 Å². The number of hydrogen-bond donors (Lipinski definition) is 1. The molecule has 1 aliphatic rings. The maximum absolute atomic E-state index is 4.85. The van der Waals surface area contributed by atoms with Gasteiger partial charge in [0.2, 0.25) is 0 Å². The summed E-state index contributed by atoms with van der Waals surface area (Å²) < 4.78 is 2.27. The Morgan fingerprint density at radius 2 is 2.16 bits per heavy atom. The normalized spacial score (nSPS) is 17.3. The Morgan fingerprint density at radius 1 is 1.40 bits per heavy atom. The third-order valence-corrected chi connectivity index (χ3v) is 6.08. The Bertz CT molecular complexity index is 561. The fourth-order valence-electron chi connectivity index (χ4n) is 2.62. The summed E-state index contributed by atoms with van der Waals surface area (Å²) >= 11 is 3.92. The highest BCUT2D eigenvalue weighted by Crippen LogP contribution is 2.29. The molecule has 0 amide bonds. The molecular weight excluding hydrogens is 467 g/mol. The van der Waals surface area contributed by atoms with Crippen molar-refractivity contribution in [2.45, 2.75) is 38.5 Å². The van der Waals surface area contributed by atoms with E-state index in [4.69, 9.17) is 4.99 Å². The molecule has 0 aliphatic carbocycles. The Labute approximate surface area is 177 Å². The largest absolute Gasteiger partial charge is 0.356 e. The molecule has 1 aromatic heterocycles. The minimum Gasteiger partial charge on any atom is -0.356 e. The van der Waals surface area contributed by atoms with E-state index < -0.39 is 0 Å². The molecule has 1 aromatic rings. The first-order chi connectivity index (χ1) is 11.4. The minimum absolute atomic E-state index is 0. The molecule has 9 heteroatoms. The first-order valence-corrected chi connectivity index (χ1v) is 10.8. The van der Waals surface area contributed by atoms with Crippen LogP contribution in [0.4, 0.5) is 0 Å². The predicted octanol–water partition coefficient (Wildman–Crippen LogP) is 2.77. The van der Waals surface area contributed by atoms with Crippen molar-refractivity contribution in [2.24, 2.45) is 12.0 Å². The lowest BCUT2D eigenvalue weighted by atomic mass is 10.2. The minimum atomic E-state index is 0. The highest BCUT2D eigenvalue weighted by molar-refractivity contribution is 14.0. The summed E-state index contributed by atoms with van der Waals surface area (Å²) in [5.41, 5.74) is 0. The number of halogens is 1. The number of nitrogens with zero attached hydrogens (tertiary/aromatic N) is 5. The monoisotopic (exact) mass is 498 g/mol. The smallest absolute Gasteiger partial charge is 0.194 e. The van der Waals surface area contributed by atoms with Gasteiger partial charge in [0.05, 0.1) is 0 Å². The van der Waals surface area contributed by atoms with Gasteiger partial charge in [-0.05, 0) is 39.2 Å². The first kappa shape index (κ1) is 22.9. The molecule has 2 rings (SSSR count). The zero-order valence-corrected chi connectivity index (χ0v) is 19.9. The molecule has 144 valence electrons. The Kier molecular flexibility index (Phi) is 9.94. The second kappa shape index (κ2) is 10.9. The lowest BCUT2D eigenvalue weighted by Gasteiger charge is -2.39. The van der Waals surface area contributed by atoms with Crippen molar-refractivity contribution in [3.8, 4) is 0 Å². The van der Waals surface area contributed by atoms with Crippen LogP contribution in [-0.2, 0) is 13.6 Å². The van der Waals surface area contributed by atoms with Crippen molar-refractivity contribution in [3.63, 3.8) is 0 Å². The third-order valence-electron chi connectivity index (χ3n) is 4.09. The number of rotatable bonds is 6. The summed E-state index contributed by atoms with van der Waals surface area (Å²) in [6, 6.07) is 0. The van der Waals surface area contributed by atoms with Gasteiger partial charge in [-0.25, -0.2) is 4.99 Å². The molecule has 2 heterocycles. The lowest BCUT2D eigenvalue weighted by molar-refractivity contribution is 0.374. The zero-order chi connectivity index (χ0) is 17.6. The third kappa shape index (κ3) is 7.16. The summed E-state index contributed by atoms with van der Waals surface area (Å²) in [5, 5.41) is 11.9. The number of nitrogens with one attached hydrogen (secondary N) is 1. The second-order valence-electron chi connectivity index (χ2n) is 6.67. The number of aliphatic imine (C=N–C) groups is 1. The van der Waals surface area contributed by atoms with E-state index in [1.54, 1.807) is 0 Å². The van der Waals surface area contributed by atoms with Gasteiger partial charge in [0.25, 0.3) is 0 Å². The molecule has 0 saturated carbocycles.